The Kier molecular flexibility index (Phi) is 4.22. The molecule has 0 saturated heterocycles. The molecule has 0 radical (unpaired) electrons. The Morgan fingerprint density at radius 3 is 2.53 bits per heavy atom. The van der Waals surface area contributed by atoms with Crippen LogP contribution in [-0.2, 0) is 0 Å². The average Bonchev–Trinajstić information content (AvgIpc) is 2.19. The van der Waals surface area contributed by atoms with Crippen LogP contribution in [0.1, 0.15) is 27.2 Å². The average molecular weight is 245 g/mol. The smallest absolute Gasteiger partial charge is 0.252 e. The summed E-state index contributed by atoms with van der Waals surface area (Å²) in [5.41, 5.74) is 2.11. The van der Waals surface area contributed by atoms with Gasteiger partial charge in [-0.2, -0.15) is 4.98 Å². The Morgan fingerprint density at radius 2 is 2.00 bits per heavy atom. The maximum Gasteiger partial charge on any atom is 0.252 e. The fourth-order valence-corrected chi connectivity index (χ4v) is 1.11. The highest BCUT2D eigenvalue weighted by molar-refractivity contribution is 5.38. The van der Waals surface area contributed by atoms with Crippen LogP contribution in [0.25, 0.3) is 0 Å². The van der Waals surface area contributed by atoms with Crippen molar-refractivity contribution in [3.05, 3.63) is 17.7 Å². The number of nitrogens with zero attached hydrogens (tertiary/aromatic N) is 1. The number of nitrogens with one attached hydrogen (secondary N) is 1. The quantitative estimate of drug-likeness (QED) is 0.632. The first-order chi connectivity index (χ1) is 7.83. The molecule has 0 spiro atoms. The van der Waals surface area contributed by atoms with Crippen molar-refractivity contribution in [3.8, 4) is 5.88 Å². The van der Waals surface area contributed by atoms with Gasteiger partial charge in [0, 0.05) is 6.07 Å². The zero-order valence-corrected chi connectivity index (χ0v) is 10.2. The first kappa shape index (κ1) is 13.6. The molecule has 1 aromatic rings. The molecular formula is C11H17F2N3O. The standard InChI is InChI=1S/C11H17F2N3O/c1-11(2,3)4-5-17-10-8(13)6-7(12)9(15-10)16-14/h6H,4-5,14H2,1-3H3,(H,15,16). The maximum atomic E-state index is 13.3. The minimum Gasteiger partial charge on any atom is -0.476 e. The molecule has 6 heteroatoms. The lowest BCUT2D eigenvalue weighted by atomic mass is 9.93. The van der Waals surface area contributed by atoms with Crippen LogP contribution >= 0.6 is 0 Å². The Balaban J connectivity index is 2.71. The summed E-state index contributed by atoms with van der Waals surface area (Å²) in [6, 6.07) is 0.689. The van der Waals surface area contributed by atoms with Crippen LogP contribution in [0.2, 0.25) is 0 Å². The van der Waals surface area contributed by atoms with Crippen molar-refractivity contribution in [3.63, 3.8) is 0 Å². The largest absolute Gasteiger partial charge is 0.476 e. The van der Waals surface area contributed by atoms with Crippen molar-refractivity contribution in [1.29, 1.82) is 0 Å². The molecule has 0 aliphatic rings. The van der Waals surface area contributed by atoms with Crippen LogP contribution in [0.5, 0.6) is 5.88 Å². The number of pyridine rings is 1. The summed E-state index contributed by atoms with van der Waals surface area (Å²) >= 11 is 0. The fourth-order valence-electron chi connectivity index (χ4n) is 1.11. The molecular weight excluding hydrogens is 228 g/mol. The molecule has 0 unspecified atom stereocenters. The van der Waals surface area contributed by atoms with Crippen molar-refractivity contribution < 1.29 is 13.5 Å². The summed E-state index contributed by atoms with van der Waals surface area (Å²) in [5, 5.41) is 0. The highest BCUT2D eigenvalue weighted by Gasteiger charge is 2.14. The van der Waals surface area contributed by atoms with Crippen LogP contribution in [0.4, 0.5) is 14.6 Å². The zero-order chi connectivity index (χ0) is 13.1. The second-order valence-corrected chi connectivity index (χ2v) is 4.91. The molecule has 0 saturated carbocycles. The zero-order valence-electron chi connectivity index (χ0n) is 10.2. The van der Waals surface area contributed by atoms with Gasteiger partial charge in [0.1, 0.15) is 0 Å². The summed E-state index contributed by atoms with van der Waals surface area (Å²) in [6.07, 6.45) is 0.733. The number of hydrogen-bond acceptors (Lipinski definition) is 4. The molecule has 0 atom stereocenters. The normalized spacial score (nSPS) is 11.4. The van der Waals surface area contributed by atoms with Gasteiger partial charge in [-0.3, -0.25) is 0 Å². The Hall–Kier alpha value is -1.43. The molecule has 1 aromatic heterocycles. The molecule has 0 aliphatic carbocycles. The van der Waals surface area contributed by atoms with Gasteiger partial charge in [-0.15, -0.1) is 0 Å². The lowest BCUT2D eigenvalue weighted by Crippen LogP contribution is -2.14. The summed E-state index contributed by atoms with van der Waals surface area (Å²) < 4.78 is 31.5. The van der Waals surface area contributed by atoms with Gasteiger partial charge in [-0.05, 0) is 11.8 Å². The number of halogens is 2. The number of ether oxygens (including phenoxy) is 1. The third-order valence-electron chi connectivity index (χ3n) is 2.12. The highest BCUT2D eigenvalue weighted by atomic mass is 19.1. The van der Waals surface area contributed by atoms with E-state index in [4.69, 9.17) is 10.6 Å². The third-order valence-corrected chi connectivity index (χ3v) is 2.12. The Bertz CT molecular complexity index is 391. The molecule has 0 bridgehead atoms. The topological polar surface area (TPSA) is 60.2 Å². The Labute approximate surface area is 99.1 Å². The third kappa shape index (κ3) is 4.14. The lowest BCUT2D eigenvalue weighted by Gasteiger charge is -2.18. The maximum absolute atomic E-state index is 13.3. The molecule has 0 amide bonds. The molecule has 1 rings (SSSR count). The van der Waals surface area contributed by atoms with E-state index in [1.807, 2.05) is 26.2 Å². The molecule has 0 aromatic carbocycles. The van der Waals surface area contributed by atoms with Gasteiger partial charge in [0.25, 0.3) is 5.88 Å². The van der Waals surface area contributed by atoms with E-state index in [2.05, 4.69) is 4.98 Å². The number of hydrogen-bond donors (Lipinski definition) is 2. The first-order valence-corrected chi connectivity index (χ1v) is 5.29. The number of rotatable bonds is 4. The number of nitrogens with two attached hydrogens (primary N) is 1. The molecule has 3 N–H and O–H groups in total. The molecule has 96 valence electrons. The molecule has 1 heterocycles. The van der Waals surface area contributed by atoms with E-state index < -0.39 is 11.6 Å². The fraction of sp³-hybridized carbons (Fsp3) is 0.545. The summed E-state index contributed by atoms with van der Waals surface area (Å²) in [4.78, 5) is 3.60. The monoisotopic (exact) mass is 245 g/mol. The SMILES string of the molecule is CC(C)(C)CCOc1nc(NN)c(F)cc1F. The van der Waals surface area contributed by atoms with E-state index in [0.29, 0.717) is 12.7 Å². The molecule has 0 aliphatic heterocycles. The van der Waals surface area contributed by atoms with Crippen molar-refractivity contribution in [1.82, 2.24) is 4.98 Å². The van der Waals surface area contributed by atoms with Crippen molar-refractivity contribution in [2.75, 3.05) is 12.0 Å². The van der Waals surface area contributed by atoms with Crippen LogP contribution in [-0.4, -0.2) is 11.6 Å². The number of aromatic nitrogens is 1. The predicted octanol–water partition coefficient (Wildman–Crippen LogP) is 2.46. The molecule has 0 fully saturated rings. The Morgan fingerprint density at radius 1 is 1.35 bits per heavy atom. The van der Waals surface area contributed by atoms with Gasteiger partial charge in [-0.25, -0.2) is 14.6 Å². The molecule has 17 heavy (non-hydrogen) atoms. The van der Waals surface area contributed by atoms with E-state index in [9.17, 15) is 8.78 Å². The van der Waals surface area contributed by atoms with Crippen LogP contribution in [0.3, 0.4) is 0 Å². The predicted molar refractivity (Wildman–Crippen MR) is 61.5 cm³/mol. The second-order valence-electron chi connectivity index (χ2n) is 4.91. The van der Waals surface area contributed by atoms with E-state index >= 15 is 0 Å². The summed E-state index contributed by atoms with van der Waals surface area (Å²) in [6.45, 7) is 6.43. The highest BCUT2D eigenvalue weighted by Crippen LogP contribution is 2.22. The second kappa shape index (κ2) is 5.27. The van der Waals surface area contributed by atoms with Gasteiger partial charge < -0.3 is 10.2 Å². The van der Waals surface area contributed by atoms with Crippen molar-refractivity contribution in [2.24, 2.45) is 11.3 Å². The van der Waals surface area contributed by atoms with Gasteiger partial charge in [0.2, 0.25) is 0 Å². The van der Waals surface area contributed by atoms with E-state index in [0.717, 1.165) is 6.42 Å². The minimum absolute atomic E-state index is 0.0749. The van der Waals surface area contributed by atoms with Crippen LogP contribution < -0.4 is 16.0 Å². The van der Waals surface area contributed by atoms with Crippen molar-refractivity contribution >= 4 is 5.82 Å². The number of anilines is 1. The van der Waals surface area contributed by atoms with Gasteiger partial charge in [0.15, 0.2) is 17.5 Å². The minimum atomic E-state index is -0.854. The number of nitrogen functional groups attached to an aromatic ring is 1. The summed E-state index contributed by atoms with van der Waals surface area (Å²) in [5.74, 6) is 2.86. The van der Waals surface area contributed by atoms with Crippen molar-refractivity contribution in [2.45, 2.75) is 27.2 Å². The first-order valence-electron chi connectivity index (χ1n) is 5.29. The van der Waals surface area contributed by atoms with Crippen LogP contribution in [0.15, 0.2) is 6.07 Å². The van der Waals surface area contributed by atoms with E-state index in [1.54, 1.807) is 0 Å². The van der Waals surface area contributed by atoms with E-state index in [1.165, 1.54) is 0 Å². The van der Waals surface area contributed by atoms with Gasteiger partial charge in [0.05, 0.1) is 6.61 Å². The summed E-state index contributed by atoms with van der Waals surface area (Å²) in [7, 11) is 0. The van der Waals surface area contributed by atoms with Gasteiger partial charge in [-0.1, -0.05) is 20.8 Å². The lowest BCUT2D eigenvalue weighted by molar-refractivity contribution is 0.227. The van der Waals surface area contributed by atoms with E-state index in [-0.39, 0.29) is 17.1 Å². The molecule has 4 nitrogen and oxygen atoms in total. The van der Waals surface area contributed by atoms with Gasteiger partial charge >= 0.3 is 0 Å². The van der Waals surface area contributed by atoms with Crippen LogP contribution in [0, 0.1) is 17.0 Å². The number of hydrazine groups is 1.